The summed E-state index contributed by atoms with van der Waals surface area (Å²) in [5, 5.41) is 12.0. The van der Waals surface area contributed by atoms with Crippen molar-refractivity contribution in [2.24, 2.45) is 5.92 Å². The monoisotopic (exact) mass is 228 g/mol. The molecule has 16 heavy (non-hydrogen) atoms. The van der Waals surface area contributed by atoms with Gasteiger partial charge in [-0.3, -0.25) is 0 Å². The minimum absolute atomic E-state index is 0.0155. The van der Waals surface area contributed by atoms with Gasteiger partial charge in [-0.25, -0.2) is 4.79 Å². The summed E-state index contributed by atoms with van der Waals surface area (Å²) in [5.41, 5.74) is 0. The van der Waals surface area contributed by atoms with Crippen LogP contribution in [0.3, 0.4) is 0 Å². The Labute approximate surface area is 95.8 Å². The van der Waals surface area contributed by atoms with Crippen LogP contribution >= 0.6 is 0 Å². The Morgan fingerprint density at radius 3 is 2.94 bits per heavy atom. The van der Waals surface area contributed by atoms with Crippen molar-refractivity contribution in [3.63, 3.8) is 0 Å². The molecule has 0 aromatic carbocycles. The standard InChI is InChI=1S/C11H20N2O3/c1-8-10(3-5-16-8)12-11(15)13-4-2-9(6-13)7-14/h8-10,14H,2-7H2,1H3,(H,12,15). The molecule has 2 N–H and O–H groups in total. The average Bonchev–Trinajstić information content (AvgIpc) is 2.88. The summed E-state index contributed by atoms with van der Waals surface area (Å²) in [6.07, 6.45) is 1.91. The lowest BCUT2D eigenvalue weighted by atomic mass is 10.1. The Hall–Kier alpha value is -0.810. The number of aliphatic hydroxyl groups excluding tert-OH is 1. The molecule has 5 nitrogen and oxygen atoms in total. The van der Waals surface area contributed by atoms with E-state index in [1.165, 1.54) is 0 Å². The van der Waals surface area contributed by atoms with Gasteiger partial charge >= 0.3 is 6.03 Å². The van der Waals surface area contributed by atoms with E-state index in [1.807, 2.05) is 6.92 Å². The van der Waals surface area contributed by atoms with Gasteiger partial charge in [-0.1, -0.05) is 0 Å². The molecular weight excluding hydrogens is 208 g/mol. The van der Waals surface area contributed by atoms with Gasteiger partial charge in [0.25, 0.3) is 0 Å². The van der Waals surface area contributed by atoms with Gasteiger partial charge in [-0.15, -0.1) is 0 Å². The van der Waals surface area contributed by atoms with Gasteiger partial charge in [0.1, 0.15) is 0 Å². The molecule has 2 rings (SSSR count). The molecule has 2 fully saturated rings. The summed E-state index contributed by atoms with van der Waals surface area (Å²) in [5.74, 6) is 0.253. The number of ether oxygens (including phenoxy) is 1. The number of nitrogens with one attached hydrogen (secondary N) is 1. The summed E-state index contributed by atoms with van der Waals surface area (Å²) in [4.78, 5) is 13.7. The Morgan fingerprint density at radius 2 is 2.38 bits per heavy atom. The zero-order valence-corrected chi connectivity index (χ0v) is 9.69. The molecule has 0 aromatic rings. The third-order valence-electron chi connectivity index (χ3n) is 3.52. The third kappa shape index (κ3) is 2.47. The van der Waals surface area contributed by atoms with Crippen molar-refractivity contribution in [3.8, 4) is 0 Å². The predicted octanol–water partition coefficient (Wildman–Crippen LogP) is 0.188. The van der Waals surface area contributed by atoms with Gasteiger partial charge in [0.05, 0.1) is 12.1 Å². The van der Waals surface area contributed by atoms with Crippen LogP contribution in [0.1, 0.15) is 19.8 Å². The van der Waals surface area contributed by atoms with E-state index >= 15 is 0 Å². The molecule has 0 aromatic heterocycles. The second-order valence-corrected chi connectivity index (χ2v) is 4.70. The number of carbonyl (C=O) groups excluding carboxylic acids is 1. The van der Waals surface area contributed by atoms with Crippen LogP contribution in [0.15, 0.2) is 0 Å². The Morgan fingerprint density at radius 1 is 1.56 bits per heavy atom. The van der Waals surface area contributed by atoms with Crippen LogP contribution in [0.25, 0.3) is 0 Å². The molecule has 0 spiro atoms. The normalized spacial score (nSPS) is 34.4. The van der Waals surface area contributed by atoms with E-state index in [2.05, 4.69) is 5.32 Å². The largest absolute Gasteiger partial charge is 0.396 e. The van der Waals surface area contributed by atoms with Crippen molar-refractivity contribution in [1.29, 1.82) is 0 Å². The number of urea groups is 1. The maximum atomic E-state index is 11.9. The molecule has 2 amide bonds. The van der Waals surface area contributed by atoms with E-state index < -0.39 is 0 Å². The van der Waals surface area contributed by atoms with E-state index in [4.69, 9.17) is 9.84 Å². The van der Waals surface area contributed by atoms with Crippen LogP contribution in [-0.2, 0) is 4.74 Å². The summed E-state index contributed by atoms with van der Waals surface area (Å²) >= 11 is 0. The quantitative estimate of drug-likeness (QED) is 0.709. The molecule has 0 radical (unpaired) electrons. The van der Waals surface area contributed by atoms with Gasteiger partial charge in [-0.05, 0) is 19.8 Å². The predicted molar refractivity (Wildman–Crippen MR) is 59.1 cm³/mol. The fraction of sp³-hybridized carbons (Fsp3) is 0.909. The van der Waals surface area contributed by atoms with Crippen LogP contribution < -0.4 is 5.32 Å². The smallest absolute Gasteiger partial charge is 0.317 e. The zero-order chi connectivity index (χ0) is 11.5. The summed E-state index contributed by atoms with van der Waals surface area (Å²) in [6, 6.07) is 0.124. The van der Waals surface area contributed by atoms with E-state index in [-0.39, 0.29) is 30.7 Å². The maximum Gasteiger partial charge on any atom is 0.317 e. The molecule has 2 heterocycles. The first-order valence-electron chi connectivity index (χ1n) is 5.98. The van der Waals surface area contributed by atoms with E-state index in [9.17, 15) is 4.79 Å². The first kappa shape index (κ1) is 11.7. The maximum absolute atomic E-state index is 11.9. The highest BCUT2D eigenvalue weighted by Gasteiger charge is 2.30. The van der Waals surface area contributed by atoms with Gasteiger partial charge in [0.15, 0.2) is 0 Å². The van der Waals surface area contributed by atoms with Crippen molar-refractivity contribution < 1.29 is 14.6 Å². The number of nitrogens with zero attached hydrogens (tertiary/aromatic N) is 1. The van der Waals surface area contributed by atoms with Gasteiger partial charge in [0.2, 0.25) is 0 Å². The molecule has 0 aliphatic carbocycles. The number of likely N-dealkylation sites (tertiary alicyclic amines) is 1. The fourth-order valence-corrected chi connectivity index (χ4v) is 2.34. The number of aliphatic hydroxyl groups is 1. The Balaban J connectivity index is 1.80. The molecule has 3 atom stereocenters. The molecular formula is C11H20N2O3. The Kier molecular flexibility index (Phi) is 3.66. The highest BCUT2D eigenvalue weighted by atomic mass is 16.5. The second-order valence-electron chi connectivity index (χ2n) is 4.70. The van der Waals surface area contributed by atoms with E-state index in [0.29, 0.717) is 6.54 Å². The number of carbonyl (C=O) groups is 1. The Bertz CT molecular complexity index is 260. The SMILES string of the molecule is CC1OCCC1NC(=O)N1CCC(CO)C1. The first-order valence-corrected chi connectivity index (χ1v) is 5.98. The average molecular weight is 228 g/mol. The summed E-state index contributed by atoms with van der Waals surface area (Å²) in [7, 11) is 0. The van der Waals surface area contributed by atoms with Crippen molar-refractivity contribution >= 4 is 6.03 Å². The highest BCUT2D eigenvalue weighted by molar-refractivity contribution is 5.74. The number of rotatable bonds is 2. The van der Waals surface area contributed by atoms with Crippen LogP contribution in [0.4, 0.5) is 4.79 Å². The van der Waals surface area contributed by atoms with Gasteiger partial charge in [-0.2, -0.15) is 0 Å². The molecule has 0 bridgehead atoms. The number of hydrogen-bond acceptors (Lipinski definition) is 3. The van der Waals surface area contributed by atoms with Crippen LogP contribution in [0.2, 0.25) is 0 Å². The second kappa shape index (κ2) is 5.01. The summed E-state index contributed by atoms with van der Waals surface area (Å²) in [6.45, 7) is 4.31. The fourth-order valence-electron chi connectivity index (χ4n) is 2.34. The van der Waals surface area contributed by atoms with Crippen molar-refractivity contribution in [2.45, 2.75) is 31.9 Å². The van der Waals surface area contributed by atoms with Crippen molar-refractivity contribution in [1.82, 2.24) is 10.2 Å². The van der Waals surface area contributed by atoms with Crippen LogP contribution in [0, 0.1) is 5.92 Å². The van der Waals surface area contributed by atoms with E-state index in [1.54, 1.807) is 4.90 Å². The minimum Gasteiger partial charge on any atom is -0.396 e. The van der Waals surface area contributed by atoms with Gasteiger partial charge < -0.3 is 20.1 Å². The molecule has 92 valence electrons. The molecule has 2 saturated heterocycles. The summed E-state index contributed by atoms with van der Waals surface area (Å²) < 4.78 is 5.40. The zero-order valence-electron chi connectivity index (χ0n) is 9.69. The first-order chi connectivity index (χ1) is 7.70. The highest BCUT2D eigenvalue weighted by Crippen LogP contribution is 2.17. The minimum atomic E-state index is -0.0155. The molecule has 0 saturated carbocycles. The lowest BCUT2D eigenvalue weighted by molar-refractivity contribution is 0.112. The lowest BCUT2D eigenvalue weighted by Gasteiger charge is -2.22. The molecule has 5 heteroatoms. The van der Waals surface area contributed by atoms with Crippen LogP contribution in [-0.4, -0.2) is 54.5 Å². The lowest BCUT2D eigenvalue weighted by Crippen LogP contribution is -2.46. The van der Waals surface area contributed by atoms with Gasteiger partial charge in [0, 0.05) is 32.2 Å². The number of hydrogen-bond donors (Lipinski definition) is 2. The topological polar surface area (TPSA) is 61.8 Å². The van der Waals surface area contributed by atoms with Crippen molar-refractivity contribution in [3.05, 3.63) is 0 Å². The molecule has 2 aliphatic heterocycles. The van der Waals surface area contributed by atoms with Crippen molar-refractivity contribution in [2.75, 3.05) is 26.3 Å². The third-order valence-corrected chi connectivity index (χ3v) is 3.52. The number of amides is 2. The molecule has 2 aliphatic rings. The van der Waals surface area contributed by atoms with Crippen LogP contribution in [0.5, 0.6) is 0 Å². The van der Waals surface area contributed by atoms with E-state index in [0.717, 1.165) is 26.0 Å². The molecule has 3 unspecified atom stereocenters.